The zero-order valence-corrected chi connectivity index (χ0v) is 10.8. The maximum atomic E-state index is 8.95. The lowest BCUT2D eigenvalue weighted by molar-refractivity contribution is 0.138. The number of aliphatic hydroxyl groups excluding tert-OH is 1. The second kappa shape index (κ2) is 7.55. The fourth-order valence-corrected chi connectivity index (χ4v) is 2.01. The van der Waals surface area contributed by atoms with Crippen LogP contribution in [0.25, 0.3) is 0 Å². The van der Waals surface area contributed by atoms with E-state index in [1.54, 1.807) is 0 Å². The Morgan fingerprint density at radius 1 is 1.21 bits per heavy atom. The van der Waals surface area contributed by atoms with Gasteiger partial charge in [0.2, 0.25) is 0 Å². The molecular formula is C11H25NOS. The molecule has 0 fully saturated rings. The second-order valence-electron chi connectivity index (χ2n) is 4.50. The highest BCUT2D eigenvalue weighted by molar-refractivity contribution is 7.80. The van der Waals surface area contributed by atoms with Gasteiger partial charge in [-0.2, -0.15) is 12.6 Å². The van der Waals surface area contributed by atoms with Crippen LogP contribution in [0.2, 0.25) is 0 Å². The smallest absolute Gasteiger partial charge is 0.0558 e. The number of thiol groups is 1. The minimum Gasteiger partial charge on any atom is -0.395 e. The molecule has 0 rings (SSSR count). The van der Waals surface area contributed by atoms with Crippen LogP contribution in [0.4, 0.5) is 0 Å². The molecule has 0 heterocycles. The van der Waals surface area contributed by atoms with Gasteiger partial charge in [-0.05, 0) is 31.4 Å². The molecule has 0 aromatic carbocycles. The highest BCUT2D eigenvalue weighted by Crippen LogP contribution is 2.15. The molecule has 0 radical (unpaired) electrons. The summed E-state index contributed by atoms with van der Waals surface area (Å²) in [5.41, 5.74) is 0. The van der Waals surface area contributed by atoms with Crippen LogP contribution in [0.15, 0.2) is 0 Å². The monoisotopic (exact) mass is 219 g/mol. The highest BCUT2D eigenvalue weighted by Gasteiger charge is 2.17. The summed E-state index contributed by atoms with van der Waals surface area (Å²) in [6.07, 6.45) is 0. The molecule has 86 valence electrons. The van der Waals surface area contributed by atoms with Crippen LogP contribution in [-0.2, 0) is 0 Å². The van der Waals surface area contributed by atoms with E-state index in [2.05, 4.69) is 45.2 Å². The van der Waals surface area contributed by atoms with Crippen molar-refractivity contribution in [2.24, 2.45) is 11.8 Å². The lowest BCUT2D eigenvalue weighted by Crippen LogP contribution is -2.39. The number of nitrogens with zero attached hydrogens (tertiary/aromatic N) is 1. The molecule has 0 aliphatic heterocycles. The maximum absolute atomic E-state index is 8.95. The normalized spacial score (nSPS) is 14.4. The fourth-order valence-electron chi connectivity index (χ4n) is 1.47. The van der Waals surface area contributed by atoms with E-state index < -0.39 is 0 Å². The van der Waals surface area contributed by atoms with Crippen LogP contribution >= 0.6 is 12.6 Å². The van der Waals surface area contributed by atoms with Crippen LogP contribution in [0.5, 0.6) is 0 Å². The summed E-state index contributed by atoms with van der Waals surface area (Å²) in [5, 5.41) is 8.95. The van der Waals surface area contributed by atoms with Crippen LogP contribution < -0.4 is 0 Å². The van der Waals surface area contributed by atoms with Gasteiger partial charge in [0.15, 0.2) is 0 Å². The van der Waals surface area contributed by atoms with Crippen molar-refractivity contribution in [3.05, 3.63) is 0 Å². The van der Waals surface area contributed by atoms with Crippen molar-refractivity contribution in [3.8, 4) is 0 Å². The van der Waals surface area contributed by atoms with Gasteiger partial charge >= 0.3 is 0 Å². The van der Waals surface area contributed by atoms with Crippen molar-refractivity contribution in [1.29, 1.82) is 0 Å². The van der Waals surface area contributed by atoms with Crippen molar-refractivity contribution < 1.29 is 5.11 Å². The summed E-state index contributed by atoms with van der Waals surface area (Å²) in [6.45, 7) is 10.9. The van der Waals surface area contributed by atoms with Gasteiger partial charge < -0.3 is 5.11 Å². The fraction of sp³-hybridized carbons (Fsp3) is 1.00. The predicted octanol–water partition coefficient (Wildman–Crippen LogP) is 1.89. The first-order valence-electron chi connectivity index (χ1n) is 5.48. The molecule has 3 heteroatoms. The third kappa shape index (κ3) is 5.23. The summed E-state index contributed by atoms with van der Waals surface area (Å²) in [4.78, 5) is 2.32. The summed E-state index contributed by atoms with van der Waals surface area (Å²) < 4.78 is 0. The first-order chi connectivity index (χ1) is 6.52. The second-order valence-corrected chi connectivity index (χ2v) is 4.86. The van der Waals surface area contributed by atoms with E-state index >= 15 is 0 Å². The Morgan fingerprint density at radius 3 is 2.07 bits per heavy atom. The quantitative estimate of drug-likeness (QED) is 0.639. The Morgan fingerprint density at radius 2 is 1.79 bits per heavy atom. The topological polar surface area (TPSA) is 23.5 Å². The number of aliphatic hydroxyl groups is 1. The molecule has 2 nitrogen and oxygen atoms in total. The summed E-state index contributed by atoms with van der Waals surface area (Å²) in [7, 11) is 0. The lowest BCUT2D eigenvalue weighted by Gasteiger charge is -2.31. The van der Waals surface area contributed by atoms with E-state index in [0.29, 0.717) is 17.9 Å². The molecular weight excluding hydrogens is 194 g/mol. The van der Waals surface area contributed by atoms with Gasteiger partial charge in [-0.25, -0.2) is 0 Å². The van der Waals surface area contributed by atoms with Gasteiger partial charge in [-0.1, -0.05) is 13.8 Å². The summed E-state index contributed by atoms with van der Waals surface area (Å²) >= 11 is 4.38. The average Bonchev–Trinajstić information content (AvgIpc) is 2.11. The molecule has 0 saturated heterocycles. The molecule has 0 bridgehead atoms. The van der Waals surface area contributed by atoms with Gasteiger partial charge in [0.1, 0.15) is 0 Å². The molecule has 0 aromatic heterocycles. The first-order valence-corrected chi connectivity index (χ1v) is 6.11. The Hall–Kier alpha value is 0.270. The van der Waals surface area contributed by atoms with Crippen molar-refractivity contribution >= 4 is 12.6 Å². The molecule has 0 spiro atoms. The van der Waals surface area contributed by atoms with E-state index in [0.717, 1.165) is 18.8 Å². The number of hydrogen-bond acceptors (Lipinski definition) is 3. The third-order valence-corrected chi connectivity index (χ3v) is 3.23. The summed E-state index contributed by atoms with van der Waals surface area (Å²) in [5.74, 6) is 2.20. The van der Waals surface area contributed by atoms with Crippen molar-refractivity contribution in [2.45, 2.75) is 33.7 Å². The van der Waals surface area contributed by atoms with E-state index in [1.807, 2.05) is 0 Å². The van der Waals surface area contributed by atoms with Crippen molar-refractivity contribution in [2.75, 3.05) is 25.4 Å². The largest absolute Gasteiger partial charge is 0.395 e. The highest BCUT2D eigenvalue weighted by atomic mass is 32.1. The molecule has 0 aliphatic carbocycles. The Bertz CT molecular complexity index is 139. The minimum absolute atomic E-state index is 0.246. The first kappa shape index (κ1) is 14.3. The van der Waals surface area contributed by atoms with Gasteiger partial charge in [0.25, 0.3) is 0 Å². The van der Waals surface area contributed by atoms with E-state index in [-0.39, 0.29) is 6.61 Å². The van der Waals surface area contributed by atoms with Gasteiger partial charge in [-0.15, -0.1) is 0 Å². The Balaban J connectivity index is 4.11. The van der Waals surface area contributed by atoms with Crippen LogP contribution in [0.1, 0.15) is 27.7 Å². The Kier molecular flexibility index (Phi) is 7.69. The van der Waals surface area contributed by atoms with Gasteiger partial charge in [0.05, 0.1) is 6.61 Å². The van der Waals surface area contributed by atoms with E-state index in [4.69, 9.17) is 5.11 Å². The SMILES string of the molecule is CC(C)C(CS)CN(CCO)C(C)C. The zero-order chi connectivity index (χ0) is 11.1. The number of rotatable bonds is 7. The minimum atomic E-state index is 0.246. The van der Waals surface area contributed by atoms with Crippen molar-refractivity contribution in [3.63, 3.8) is 0 Å². The van der Waals surface area contributed by atoms with Gasteiger partial charge in [0, 0.05) is 19.1 Å². The third-order valence-electron chi connectivity index (χ3n) is 2.76. The maximum Gasteiger partial charge on any atom is 0.0558 e. The van der Waals surface area contributed by atoms with Crippen LogP contribution in [0, 0.1) is 11.8 Å². The standard InChI is InChI=1S/C11H25NOS/c1-9(2)11(8-14)7-12(5-6-13)10(3)4/h9-11,13-14H,5-8H2,1-4H3. The predicted molar refractivity (Wildman–Crippen MR) is 66.0 cm³/mol. The van der Waals surface area contributed by atoms with Crippen molar-refractivity contribution in [1.82, 2.24) is 4.90 Å². The average molecular weight is 219 g/mol. The molecule has 1 N–H and O–H groups in total. The van der Waals surface area contributed by atoms with E-state index in [9.17, 15) is 0 Å². The number of hydrogen-bond donors (Lipinski definition) is 2. The molecule has 0 amide bonds. The zero-order valence-electron chi connectivity index (χ0n) is 9.90. The van der Waals surface area contributed by atoms with Gasteiger partial charge in [-0.3, -0.25) is 4.90 Å². The molecule has 14 heavy (non-hydrogen) atoms. The molecule has 0 aliphatic rings. The van der Waals surface area contributed by atoms with Crippen LogP contribution in [0.3, 0.4) is 0 Å². The lowest BCUT2D eigenvalue weighted by atomic mass is 9.97. The summed E-state index contributed by atoms with van der Waals surface area (Å²) in [6, 6.07) is 0.503. The molecule has 1 unspecified atom stereocenters. The molecule has 1 atom stereocenters. The Labute approximate surface area is 94.1 Å². The van der Waals surface area contributed by atoms with Crippen LogP contribution in [-0.4, -0.2) is 41.5 Å². The molecule has 0 saturated carbocycles. The van der Waals surface area contributed by atoms with E-state index in [1.165, 1.54) is 0 Å². The molecule has 0 aromatic rings.